The molecule has 2 aromatic rings. The summed E-state index contributed by atoms with van der Waals surface area (Å²) in [5, 5.41) is 25.7. The Labute approximate surface area is 127 Å². The van der Waals surface area contributed by atoms with Gasteiger partial charge >= 0.3 is 11.9 Å². The molecule has 110 valence electrons. The van der Waals surface area contributed by atoms with Gasteiger partial charge in [0.05, 0.1) is 11.1 Å². The molecular formula is C17H13NO4. The van der Waals surface area contributed by atoms with E-state index in [-0.39, 0.29) is 11.1 Å². The molecule has 2 N–H and O–H groups in total. The van der Waals surface area contributed by atoms with Gasteiger partial charge in [-0.3, -0.25) is 0 Å². The highest BCUT2D eigenvalue weighted by molar-refractivity contribution is 5.93. The topological polar surface area (TPSA) is 98.4 Å². The van der Waals surface area contributed by atoms with Gasteiger partial charge in [0.1, 0.15) is 6.07 Å². The summed E-state index contributed by atoms with van der Waals surface area (Å²) in [5.74, 6) is -2.07. The lowest BCUT2D eigenvalue weighted by atomic mass is 9.96. The molecule has 0 atom stereocenters. The average molecular weight is 295 g/mol. The first-order valence-electron chi connectivity index (χ1n) is 6.18. The monoisotopic (exact) mass is 295 g/mol. The van der Waals surface area contributed by atoms with E-state index in [9.17, 15) is 9.59 Å². The van der Waals surface area contributed by atoms with Crippen molar-refractivity contribution in [2.45, 2.75) is 0 Å². The van der Waals surface area contributed by atoms with Crippen LogP contribution in [0.5, 0.6) is 0 Å². The Morgan fingerprint density at radius 3 is 2.09 bits per heavy atom. The Morgan fingerprint density at radius 2 is 1.64 bits per heavy atom. The number of hydrogen-bond donors (Lipinski definition) is 2. The van der Waals surface area contributed by atoms with Crippen LogP contribution in [-0.2, 0) is 4.79 Å². The maximum atomic E-state index is 11.0. The number of rotatable bonds is 3. The van der Waals surface area contributed by atoms with Crippen molar-refractivity contribution in [1.29, 1.82) is 5.26 Å². The third-order valence-corrected chi connectivity index (χ3v) is 2.67. The van der Waals surface area contributed by atoms with Crippen LogP contribution in [0.15, 0.2) is 61.2 Å². The summed E-state index contributed by atoms with van der Waals surface area (Å²) in [6.07, 6.45) is 0.833. The highest BCUT2D eigenvalue weighted by Gasteiger charge is 2.14. The Balaban J connectivity index is 0.000000422. The van der Waals surface area contributed by atoms with Crippen LogP contribution >= 0.6 is 0 Å². The molecule has 5 heteroatoms. The summed E-state index contributed by atoms with van der Waals surface area (Å²) in [4.78, 5) is 20.3. The minimum atomic E-state index is -1.08. The van der Waals surface area contributed by atoms with Crippen LogP contribution in [-0.4, -0.2) is 22.2 Å². The number of carboxylic acids is 2. The highest BCUT2D eigenvalue weighted by Crippen LogP contribution is 2.25. The fourth-order valence-electron chi connectivity index (χ4n) is 1.71. The number of carboxylic acid groups (broad SMARTS) is 2. The quantitative estimate of drug-likeness (QED) is 0.847. The highest BCUT2D eigenvalue weighted by atomic mass is 16.4. The van der Waals surface area contributed by atoms with Gasteiger partial charge in [-0.1, -0.05) is 49.0 Å². The molecule has 22 heavy (non-hydrogen) atoms. The van der Waals surface area contributed by atoms with E-state index in [0.29, 0.717) is 5.56 Å². The third-order valence-electron chi connectivity index (χ3n) is 2.67. The Hall–Kier alpha value is -3.39. The van der Waals surface area contributed by atoms with Crippen molar-refractivity contribution in [3.05, 3.63) is 72.3 Å². The van der Waals surface area contributed by atoms with Gasteiger partial charge in [-0.15, -0.1) is 0 Å². The maximum absolute atomic E-state index is 11.0. The largest absolute Gasteiger partial charge is 0.478 e. The summed E-state index contributed by atoms with van der Waals surface area (Å²) in [5.41, 5.74) is 1.72. The van der Waals surface area contributed by atoms with Crippen molar-refractivity contribution in [3.8, 4) is 17.2 Å². The second-order valence-electron chi connectivity index (χ2n) is 4.05. The van der Waals surface area contributed by atoms with Gasteiger partial charge in [0.15, 0.2) is 0 Å². The molecule has 2 rings (SSSR count). The maximum Gasteiger partial charge on any atom is 0.337 e. The molecule has 0 unspecified atom stereocenters. The molecule has 0 amide bonds. The molecule has 0 aliphatic carbocycles. The summed E-state index contributed by atoms with van der Waals surface area (Å²) in [6, 6.07) is 16.1. The Kier molecular flexibility index (Phi) is 6.08. The molecule has 0 bridgehead atoms. The van der Waals surface area contributed by atoms with Crippen molar-refractivity contribution >= 4 is 11.9 Å². The molecular weight excluding hydrogens is 282 g/mol. The van der Waals surface area contributed by atoms with E-state index < -0.39 is 11.9 Å². The number of aliphatic carboxylic acids is 1. The van der Waals surface area contributed by atoms with Crippen LogP contribution in [0.25, 0.3) is 11.1 Å². The molecule has 0 radical (unpaired) electrons. The van der Waals surface area contributed by atoms with Gasteiger partial charge in [-0.05, 0) is 11.6 Å². The number of aromatic carboxylic acids is 1. The molecule has 0 saturated carbocycles. The normalized spacial score (nSPS) is 8.86. The van der Waals surface area contributed by atoms with Crippen LogP contribution in [0.4, 0.5) is 0 Å². The lowest BCUT2D eigenvalue weighted by Gasteiger charge is -2.06. The molecule has 2 aromatic carbocycles. The van der Waals surface area contributed by atoms with Crippen LogP contribution in [0.2, 0.25) is 0 Å². The lowest BCUT2D eigenvalue weighted by Crippen LogP contribution is -2.01. The molecule has 0 saturated heterocycles. The Morgan fingerprint density at radius 1 is 1.05 bits per heavy atom. The summed E-state index contributed by atoms with van der Waals surface area (Å²) < 4.78 is 0. The average Bonchev–Trinajstić information content (AvgIpc) is 2.55. The first kappa shape index (κ1) is 16.7. The number of nitriles is 1. The van der Waals surface area contributed by atoms with E-state index in [1.807, 2.05) is 36.4 Å². The number of benzene rings is 2. The minimum absolute atomic E-state index is 0.0360. The van der Waals surface area contributed by atoms with Gasteiger partial charge < -0.3 is 10.2 Å². The lowest BCUT2D eigenvalue weighted by molar-refractivity contribution is -0.131. The Bertz CT molecular complexity index is 730. The van der Waals surface area contributed by atoms with Crippen molar-refractivity contribution in [2.75, 3.05) is 0 Å². The van der Waals surface area contributed by atoms with Gasteiger partial charge in [-0.2, -0.15) is 5.26 Å². The smallest absolute Gasteiger partial charge is 0.337 e. The van der Waals surface area contributed by atoms with E-state index >= 15 is 0 Å². The fraction of sp³-hybridized carbons (Fsp3) is 0. The van der Waals surface area contributed by atoms with Crippen LogP contribution in [0.3, 0.4) is 0 Å². The summed E-state index contributed by atoms with van der Waals surface area (Å²) in [7, 11) is 0. The zero-order valence-corrected chi connectivity index (χ0v) is 11.6. The third kappa shape index (κ3) is 4.32. The second kappa shape index (κ2) is 8.02. The molecule has 0 aromatic heterocycles. The van der Waals surface area contributed by atoms with Crippen molar-refractivity contribution in [2.24, 2.45) is 0 Å². The molecule has 0 aliphatic heterocycles. The van der Waals surface area contributed by atoms with E-state index in [2.05, 4.69) is 6.58 Å². The van der Waals surface area contributed by atoms with Crippen LogP contribution < -0.4 is 0 Å². The van der Waals surface area contributed by atoms with Gasteiger partial charge in [0, 0.05) is 11.6 Å². The first-order chi connectivity index (χ1) is 10.5. The molecule has 0 spiro atoms. The van der Waals surface area contributed by atoms with Gasteiger partial charge in [-0.25, -0.2) is 9.59 Å². The van der Waals surface area contributed by atoms with E-state index in [1.54, 1.807) is 12.1 Å². The number of hydrogen-bond acceptors (Lipinski definition) is 3. The van der Waals surface area contributed by atoms with E-state index in [1.165, 1.54) is 6.07 Å². The fourth-order valence-corrected chi connectivity index (χ4v) is 1.71. The van der Waals surface area contributed by atoms with Crippen molar-refractivity contribution < 1.29 is 19.8 Å². The molecule has 5 nitrogen and oxygen atoms in total. The van der Waals surface area contributed by atoms with E-state index in [0.717, 1.165) is 11.6 Å². The van der Waals surface area contributed by atoms with Gasteiger partial charge in [0.25, 0.3) is 0 Å². The van der Waals surface area contributed by atoms with Crippen molar-refractivity contribution in [1.82, 2.24) is 0 Å². The molecule has 0 fully saturated rings. The molecule has 0 heterocycles. The number of carbonyl (C=O) groups is 2. The number of nitrogens with zero attached hydrogens (tertiary/aromatic N) is 1. The zero-order chi connectivity index (χ0) is 16.5. The first-order valence-corrected chi connectivity index (χ1v) is 6.18. The predicted octanol–water partition coefficient (Wildman–Crippen LogP) is 3.18. The summed E-state index contributed by atoms with van der Waals surface area (Å²) in [6.45, 7) is 2.96. The predicted molar refractivity (Wildman–Crippen MR) is 81.4 cm³/mol. The minimum Gasteiger partial charge on any atom is -0.478 e. The second-order valence-corrected chi connectivity index (χ2v) is 4.05. The zero-order valence-electron chi connectivity index (χ0n) is 11.6. The van der Waals surface area contributed by atoms with Crippen LogP contribution in [0.1, 0.15) is 15.9 Å². The summed E-state index contributed by atoms with van der Waals surface area (Å²) >= 11 is 0. The SMILES string of the molecule is C=CC(=O)O.N#Cc1c(C(=O)O)cccc1-c1ccccc1. The van der Waals surface area contributed by atoms with E-state index in [4.69, 9.17) is 15.5 Å². The standard InChI is InChI=1S/C14H9NO2.C3H4O2/c15-9-13-11(10-5-2-1-3-6-10)7-4-8-12(13)14(16)17;1-2-3(4)5/h1-8H,(H,16,17);2H,1H2,(H,4,5). The molecule has 0 aliphatic rings. The van der Waals surface area contributed by atoms with Crippen LogP contribution in [0, 0.1) is 11.3 Å². The van der Waals surface area contributed by atoms with Crippen molar-refractivity contribution in [3.63, 3.8) is 0 Å². The van der Waals surface area contributed by atoms with Gasteiger partial charge in [0.2, 0.25) is 0 Å².